The number of benzene rings is 1. The van der Waals surface area contributed by atoms with Gasteiger partial charge in [-0.2, -0.15) is 5.10 Å². The van der Waals surface area contributed by atoms with Crippen molar-refractivity contribution in [3.8, 4) is 0 Å². The highest BCUT2D eigenvalue weighted by atomic mass is 16.2. The molecule has 3 N–H and O–H groups in total. The molecule has 0 saturated carbocycles. The molecule has 0 bridgehead atoms. The molecule has 0 aliphatic carbocycles. The van der Waals surface area contributed by atoms with E-state index in [-0.39, 0.29) is 5.91 Å². The van der Waals surface area contributed by atoms with Crippen LogP contribution in [0.1, 0.15) is 35.6 Å². The number of carbonyl (C=O) groups excluding carboxylic acids is 1. The zero-order valence-electron chi connectivity index (χ0n) is 12.6. The number of aryl methyl sites for hydroxylation is 1. The standard InChI is InChI=1S/C16H22N4O/c1-3-13-14(17)15(19-18-13)16(21)20(4-2)11-10-12-8-6-5-7-9-12/h5-9H,3-4,10-11,17H2,1-2H3,(H,18,19). The number of aromatic amines is 1. The molecule has 1 heterocycles. The Labute approximate surface area is 125 Å². The molecule has 0 atom stereocenters. The van der Waals surface area contributed by atoms with Gasteiger partial charge in [0, 0.05) is 13.1 Å². The first kappa shape index (κ1) is 15.1. The summed E-state index contributed by atoms with van der Waals surface area (Å²) in [7, 11) is 0. The highest BCUT2D eigenvalue weighted by Gasteiger charge is 2.21. The number of likely N-dealkylation sites (N-methyl/N-ethyl adjacent to an activating group) is 1. The van der Waals surface area contributed by atoms with Gasteiger partial charge in [-0.25, -0.2) is 0 Å². The van der Waals surface area contributed by atoms with E-state index in [9.17, 15) is 4.79 Å². The Hall–Kier alpha value is -2.30. The van der Waals surface area contributed by atoms with E-state index in [1.807, 2.05) is 32.0 Å². The molecule has 0 radical (unpaired) electrons. The number of H-pyrrole nitrogens is 1. The fourth-order valence-corrected chi connectivity index (χ4v) is 2.28. The number of nitrogen functional groups attached to an aromatic ring is 1. The lowest BCUT2D eigenvalue weighted by Crippen LogP contribution is -2.33. The van der Waals surface area contributed by atoms with Gasteiger partial charge in [0.25, 0.3) is 5.91 Å². The van der Waals surface area contributed by atoms with Gasteiger partial charge in [0.2, 0.25) is 0 Å². The minimum atomic E-state index is -0.109. The minimum absolute atomic E-state index is 0.109. The number of hydrogen-bond acceptors (Lipinski definition) is 3. The summed E-state index contributed by atoms with van der Waals surface area (Å²) in [6.45, 7) is 5.24. The zero-order chi connectivity index (χ0) is 15.2. The van der Waals surface area contributed by atoms with Crippen LogP contribution in [-0.2, 0) is 12.8 Å². The quantitative estimate of drug-likeness (QED) is 0.855. The Kier molecular flexibility index (Phi) is 4.98. The fraction of sp³-hybridized carbons (Fsp3) is 0.375. The molecule has 2 aromatic rings. The maximum absolute atomic E-state index is 12.5. The normalized spacial score (nSPS) is 10.6. The van der Waals surface area contributed by atoms with Crippen LogP contribution < -0.4 is 5.73 Å². The number of hydrogen-bond donors (Lipinski definition) is 2. The summed E-state index contributed by atoms with van der Waals surface area (Å²) < 4.78 is 0. The first-order chi connectivity index (χ1) is 10.2. The van der Waals surface area contributed by atoms with E-state index in [0.29, 0.717) is 24.5 Å². The smallest absolute Gasteiger partial charge is 0.276 e. The maximum atomic E-state index is 12.5. The Morgan fingerprint density at radius 2 is 2.00 bits per heavy atom. The van der Waals surface area contributed by atoms with E-state index in [0.717, 1.165) is 18.5 Å². The van der Waals surface area contributed by atoms with Gasteiger partial charge >= 0.3 is 0 Å². The van der Waals surface area contributed by atoms with Crippen molar-refractivity contribution in [1.82, 2.24) is 15.1 Å². The Morgan fingerprint density at radius 1 is 1.29 bits per heavy atom. The second kappa shape index (κ2) is 6.92. The van der Waals surface area contributed by atoms with Crippen molar-refractivity contribution in [3.05, 3.63) is 47.3 Å². The Bertz CT molecular complexity index is 592. The summed E-state index contributed by atoms with van der Waals surface area (Å²) in [4.78, 5) is 14.3. The van der Waals surface area contributed by atoms with Crippen LogP contribution in [0.15, 0.2) is 30.3 Å². The number of nitrogens with two attached hydrogens (primary N) is 1. The second-order valence-electron chi connectivity index (χ2n) is 4.94. The van der Waals surface area contributed by atoms with Gasteiger partial charge in [-0.3, -0.25) is 9.89 Å². The second-order valence-corrected chi connectivity index (χ2v) is 4.94. The molecule has 0 aliphatic rings. The molecule has 0 unspecified atom stereocenters. The molecule has 0 spiro atoms. The third-order valence-electron chi connectivity index (χ3n) is 3.62. The molecule has 1 aromatic carbocycles. The number of nitrogens with zero attached hydrogens (tertiary/aromatic N) is 2. The fourth-order valence-electron chi connectivity index (χ4n) is 2.28. The molecule has 0 saturated heterocycles. The molecule has 0 aliphatic heterocycles. The van der Waals surface area contributed by atoms with Crippen molar-refractivity contribution in [2.24, 2.45) is 0 Å². The van der Waals surface area contributed by atoms with Crippen LogP contribution in [0.5, 0.6) is 0 Å². The van der Waals surface area contributed by atoms with Crippen molar-refractivity contribution < 1.29 is 4.79 Å². The van der Waals surface area contributed by atoms with Crippen LogP contribution in [0.4, 0.5) is 5.69 Å². The third-order valence-corrected chi connectivity index (χ3v) is 3.62. The summed E-state index contributed by atoms with van der Waals surface area (Å²) >= 11 is 0. The maximum Gasteiger partial charge on any atom is 0.276 e. The monoisotopic (exact) mass is 286 g/mol. The van der Waals surface area contributed by atoms with E-state index >= 15 is 0 Å². The summed E-state index contributed by atoms with van der Waals surface area (Å²) in [5.41, 5.74) is 8.81. The molecule has 0 fully saturated rings. The Balaban J connectivity index is 2.06. The number of nitrogens with one attached hydrogen (secondary N) is 1. The molecule has 5 nitrogen and oxygen atoms in total. The zero-order valence-corrected chi connectivity index (χ0v) is 12.6. The SMILES string of the molecule is CCc1[nH]nc(C(=O)N(CC)CCc2ccccc2)c1N. The molecular weight excluding hydrogens is 264 g/mol. The lowest BCUT2D eigenvalue weighted by atomic mass is 10.1. The summed E-state index contributed by atoms with van der Waals surface area (Å²) in [6, 6.07) is 10.1. The average molecular weight is 286 g/mol. The number of anilines is 1. The highest BCUT2D eigenvalue weighted by molar-refractivity contribution is 5.97. The first-order valence-electron chi connectivity index (χ1n) is 7.33. The minimum Gasteiger partial charge on any atom is -0.395 e. The average Bonchev–Trinajstić information content (AvgIpc) is 2.89. The molecule has 1 aromatic heterocycles. The van der Waals surface area contributed by atoms with E-state index < -0.39 is 0 Å². The van der Waals surface area contributed by atoms with E-state index in [1.54, 1.807) is 4.90 Å². The number of carbonyl (C=O) groups is 1. The predicted molar refractivity (Wildman–Crippen MR) is 84.1 cm³/mol. The van der Waals surface area contributed by atoms with Gasteiger partial charge in [0.15, 0.2) is 5.69 Å². The van der Waals surface area contributed by atoms with Crippen LogP contribution in [-0.4, -0.2) is 34.1 Å². The van der Waals surface area contributed by atoms with Crippen molar-refractivity contribution in [2.45, 2.75) is 26.7 Å². The molecule has 1 amide bonds. The lowest BCUT2D eigenvalue weighted by Gasteiger charge is -2.20. The van der Waals surface area contributed by atoms with Crippen molar-refractivity contribution >= 4 is 11.6 Å². The van der Waals surface area contributed by atoms with Gasteiger partial charge in [-0.1, -0.05) is 37.3 Å². The largest absolute Gasteiger partial charge is 0.395 e. The van der Waals surface area contributed by atoms with Crippen LogP contribution in [0, 0.1) is 0 Å². The molecule has 21 heavy (non-hydrogen) atoms. The summed E-state index contributed by atoms with van der Waals surface area (Å²) in [6.07, 6.45) is 1.56. The summed E-state index contributed by atoms with van der Waals surface area (Å²) in [5, 5.41) is 6.90. The van der Waals surface area contributed by atoms with Crippen LogP contribution in [0.25, 0.3) is 0 Å². The number of aromatic nitrogens is 2. The number of amides is 1. The van der Waals surface area contributed by atoms with Gasteiger partial charge in [0.05, 0.1) is 11.4 Å². The van der Waals surface area contributed by atoms with Crippen LogP contribution >= 0.6 is 0 Å². The van der Waals surface area contributed by atoms with E-state index in [2.05, 4.69) is 22.3 Å². The molecule has 112 valence electrons. The van der Waals surface area contributed by atoms with Gasteiger partial charge < -0.3 is 10.6 Å². The molecule has 2 rings (SSSR count). The third kappa shape index (κ3) is 3.42. The van der Waals surface area contributed by atoms with Crippen molar-refractivity contribution in [1.29, 1.82) is 0 Å². The van der Waals surface area contributed by atoms with Gasteiger partial charge in [-0.05, 0) is 25.3 Å². The lowest BCUT2D eigenvalue weighted by molar-refractivity contribution is 0.0761. The highest BCUT2D eigenvalue weighted by Crippen LogP contribution is 2.16. The van der Waals surface area contributed by atoms with Gasteiger partial charge in [-0.15, -0.1) is 0 Å². The molecular formula is C16H22N4O. The van der Waals surface area contributed by atoms with Crippen LogP contribution in [0.3, 0.4) is 0 Å². The number of rotatable bonds is 6. The predicted octanol–water partition coefficient (Wildman–Crippen LogP) is 2.26. The Morgan fingerprint density at radius 3 is 2.57 bits per heavy atom. The first-order valence-corrected chi connectivity index (χ1v) is 7.33. The van der Waals surface area contributed by atoms with Gasteiger partial charge in [0.1, 0.15) is 0 Å². The van der Waals surface area contributed by atoms with E-state index in [1.165, 1.54) is 5.56 Å². The van der Waals surface area contributed by atoms with Crippen molar-refractivity contribution in [3.63, 3.8) is 0 Å². The summed E-state index contributed by atoms with van der Waals surface area (Å²) in [5.74, 6) is -0.109. The van der Waals surface area contributed by atoms with Crippen molar-refractivity contribution in [2.75, 3.05) is 18.8 Å². The van der Waals surface area contributed by atoms with Crippen LogP contribution in [0.2, 0.25) is 0 Å². The topological polar surface area (TPSA) is 75.0 Å². The molecule has 5 heteroatoms. The van der Waals surface area contributed by atoms with E-state index in [4.69, 9.17) is 5.73 Å².